The summed E-state index contributed by atoms with van der Waals surface area (Å²) < 4.78 is 0. The summed E-state index contributed by atoms with van der Waals surface area (Å²) in [5, 5.41) is 13.3. The Morgan fingerprint density at radius 3 is 2.74 bits per heavy atom. The summed E-state index contributed by atoms with van der Waals surface area (Å²) in [5.41, 5.74) is 1.79. The summed E-state index contributed by atoms with van der Waals surface area (Å²) in [6.45, 7) is 3.49. The van der Waals surface area contributed by atoms with Gasteiger partial charge >= 0.3 is 0 Å². The maximum atomic E-state index is 12.7. The number of nitrogens with one attached hydrogen (secondary N) is 2. The maximum absolute atomic E-state index is 12.7. The molecular weight excluding hydrogens is 292 g/mol. The quantitative estimate of drug-likeness (QED) is 0.788. The Morgan fingerprint density at radius 1 is 1.39 bits per heavy atom. The maximum Gasteiger partial charge on any atom is 0.255 e. The monoisotopic (exact) mass is 314 g/mol. The number of amides is 1. The first-order valence-electron chi connectivity index (χ1n) is 8.31. The van der Waals surface area contributed by atoms with Crippen LogP contribution in [-0.4, -0.2) is 37.6 Å². The molecule has 3 N–H and O–H groups in total. The number of H-pyrrole nitrogens is 1. The Kier molecular flexibility index (Phi) is 3.20. The highest BCUT2D eigenvalue weighted by molar-refractivity contribution is 6.04. The third-order valence-corrected chi connectivity index (χ3v) is 4.78. The largest absolute Gasteiger partial charge is 0.388 e. The van der Waals surface area contributed by atoms with Gasteiger partial charge in [-0.3, -0.25) is 4.79 Å². The fourth-order valence-corrected chi connectivity index (χ4v) is 3.17. The van der Waals surface area contributed by atoms with Crippen LogP contribution in [-0.2, 0) is 0 Å². The highest BCUT2D eigenvalue weighted by Gasteiger charge is 2.41. The molecule has 1 amide bonds. The van der Waals surface area contributed by atoms with E-state index in [1.54, 1.807) is 26.2 Å². The van der Waals surface area contributed by atoms with Crippen LogP contribution in [0.2, 0.25) is 0 Å². The van der Waals surface area contributed by atoms with E-state index in [1.165, 1.54) is 0 Å². The Hall–Kier alpha value is -1.95. The molecule has 2 aromatic rings. The first-order chi connectivity index (χ1) is 10.9. The number of hydrogen-bond donors (Lipinski definition) is 3. The molecule has 0 saturated heterocycles. The van der Waals surface area contributed by atoms with Gasteiger partial charge in [-0.1, -0.05) is 0 Å². The SMILES string of the molecule is CC(C)(O)[C@@H](NC(=O)c1c[nH]c2ncc(C3CC3)nc12)C1CC1. The van der Waals surface area contributed by atoms with Gasteiger partial charge < -0.3 is 15.4 Å². The molecule has 6 nitrogen and oxygen atoms in total. The number of aromatic nitrogens is 3. The normalized spacial score (nSPS) is 19.8. The van der Waals surface area contributed by atoms with Crippen molar-refractivity contribution in [3.63, 3.8) is 0 Å². The standard InChI is InChI=1S/C17H22N4O2/c1-17(2,23)14(10-5-6-10)21-16(22)11-7-18-15-13(11)20-12(8-19-15)9-3-4-9/h7-10,14,23H,3-6H2,1-2H3,(H,18,19)(H,21,22)/t14-/m0/s1. The number of aromatic amines is 1. The van der Waals surface area contributed by atoms with Gasteiger partial charge in [-0.2, -0.15) is 0 Å². The highest BCUT2D eigenvalue weighted by atomic mass is 16.3. The molecule has 1 atom stereocenters. The van der Waals surface area contributed by atoms with Crippen molar-refractivity contribution in [3.8, 4) is 0 Å². The van der Waals surface area contributed by atoms with Gasteiger partial charge in [-0.15, -0.1) is 0 Å². The minimum absolute atomic E-state index is 0.197. The van der Waals surface area contributed by atoms with Crippen molar-refractivity contribution < 1.29 is 9.90 Å². The van der Waals surface area contributed by atoms with E-state index in [2.05, 4.69) is 20.3 Å². The smallest absolute Gasteiger partial charge is 0.255 e. The molecule has 2 fully saturated rings. The number of hydrogen-bond acceptors (Lipinski definition) is 4. The first kappa shape index (κ1) is 14.6. The Bertz CT molecular complexity index is 754. The van der Waals surface area contributed by atoms with Gasteiger partial charge in [0.25, 0.3) is 5.91 Å². The predicted octanol–water partition coefficient (Wildman–Crippen LogP) is 2.11. The van der Waals surface area contributed by atoms with Crippen molar-refractivity contribution in [2.45, 2.75) is 57.1 Å². The van der Waals surface area contributed by atoms with Gasteiger partial charge in [0.05, 0.1) is 29.1 Å². The Morgan fingerprint density at radius 2 is 2.13 bits per heavy atom. The van der Waals surface area contributed by atoms with Crippen molar-refractivity contribution >= 4 is 17.1 Å². The number of carbonyl (C=O) groups excluding carboxylic acids is 1. The molecular formula is C17H22N4O2. The number of aliphatic hydroxyl groups is 1. The van der Waals surface area contributed by atoms with Crippen LogP contribution in [0.15, 0.2) is 12.4 Å². The van der Waals surface area contributed by atoms with E-state index < -0.39 is 5.60 Å². The molecule has 0 radical (unpaired) electrons. The van der Waals surface area contributed by atoms with Crippen molar-refractivity contribution in [2.75, 3.05) is 0 Å². The molecule has 0 aliphatic heterocycles. The van der Waals surface area contributed by atoms with Crippen LogP contribution < -0.4 is 5.32 Å². The fourth-order valence-electron chi connectivity index (χ4n) is 3.17. The predicted molar refractivity (Wildman–Crippen MR) is 86.1 cm³/mol. The summed E-state index contributed by atoms with van der Waals surface area (Å²) in [5.74, 6) is 0.656. The van der Waals surface area contributed by atoms with Gasteiger partial charge in [0, 0.05) is 12.1 Å². The fraction of sp³-hybridized carbons (Fsp3) is 0.588. The van der Waals surface area contributed by atoms with Crippen molar-refractivity contribution in [3.05, 3.63) is 23.7 Å². The Balaban J connectivity index is 1.62. The third-order valence-electron chi connectivity index (χ3n) is 4.78. The molecule has 0 bridgehead atoms. The number of nitrogens with zero attached hydrogens (tertiary/aromatic N) is 2. The number of fused-ring (bicyclic) bond motifs is 1. The Labute approximate surface area is 134 Å². The second-order valence-corrected chi connectivity index (χ2v) is 7.41. The van der Waals surface area contributed by atoms with Crippen LogP contribution in [0.25, 0.3) is 11.2 Å². The topological polar surface area (TPSA) is 90.9 Å². The van der Waals surface area contributed by atoms with E-state index in [4.69, 9.17) is 0 Å². The molecule has 2 aliphatic carbocycles. The van der Waals surface area contributed by atoms with E-state index in [0.717, 1.165) is 31.4 Å². The van der Waals surface area contributed by atoms with E-state index in [9.17, 15) is 9.90 Å². The van der Waals surface area contributed by atoms with Crippen LogP contribution in [0.4, 0.5) is 0 Å². The second-order valence-electron chi connectivity index (χ2n) is 7.41. The van der Waals surface area contributed by atoms with Crippen LogP contribution in [0.3, 0.4) is 0 Å². The van der Waals surface area contributed by atoms with Crippen molar-refractivity contribution in [1.82, 2.24) is 20.3 Å². The van der Waals surface area contributed by atoms with Crippen LogP contribution in [0.1, 0.15) is 61.5 Å². The lowest BCUT2D eigenvalue weighted by molar-refractivity contribution is 0.0276. The zero-order valence-electron chi connectivity index (χ0n) is 13.5. The summed E-state index contributed by atoms with van der Waals surface area (Å²) in [7, 11) is 0. The molecule has 0 aromatic carbocycles. The minimum atomic E-state index is -0.937. The summed E-state index contributed by atoms with van der Waals surface area (Å²) in [6, 6.07) is -0.237. The van der Waals surface area contributed by atoms with Crippen LogP contribution in [0.5, 0.6) is 0 Å². The lowest BCUT2D eigenvalue weighted by Gasteiger charge is -2.30. The molecule has 2 aromatic heterocycles. The zero-order chi connectivity index (χ0) is 16.2. The van der Waals surface area contributed by atoms with E-state index in [0.29, 0.717) is 28.6 Å². The summed E-state index contributed by atoms with van der Waals surface area (Å²) >= 11 is 0. The molecule has 6 heteroatoms. The molecule has 23 heavy (non-hydrogen) atoms. The molecule has 2 aliphatic rings. The van der Waals surface area contributed by atoms with Gasteiger partial charge in [-0.25, -0.2) is 9.97 Å². The van der Waals surface area contributed by atoms with E-state index in [1.807, 2.05) is 0 Å². The molecule has 2 heterocycles. The summed E-state index contributed by atoms with van der Waals surface area (Å²) in [4.78, 5) is 24.7. The number of carbonyl (C=O) groups is 1. The lowest BCUT2D eigenvalue weighted by atomic mass is 9.94. The highest BCUT2D eigenvalue weighted by Crippen LogP contribution is 2.39. The van der Waals surface area contributed by atoms with Gasteiger partial charge in [0.1, 0.15) is 5.52 Å². The van der Waals surface area contributed by atoms with Gasteiger partial charge in [0.15, 0.2) is 5.65 Å². The minimum Gasteiger partial charge on any atom is -0.388 e. The van der Waals surface area contributed by atoms with Crippen molar-refractivity contribution in [2.24, 2.45) is 5.92 Å². The molecule has 4 rings (SSSR count). The molecule has 122 valence electrons. The average molecular weight is 314 g/mol. The summed E-state index contributed by atoms with van der Waals surface area (Å²) in [6.07, 6.45) is 7.85. The third kappa shape index (κ3) is 2.83. The van der Waals surface area contributed by atoms with Crippen LogP contribution >= 0.6 is 0 Å². The van der Waals surface area contributed by atoms with Crippen molar-refractivity contribution in [1.29, 1.82) is 0 Å². The number of rotatable bonds is 5. The van der Waals surface area contributed by atoms with Gasteiger partial charge in [-0.05, 0) is 45.4 Å². The lowest BCUT2D eigenvalue weighted by Crippen LogP contribution is -2.50. The van der Waals surface area contributed by atoms with Crippen LogP contribution in [0, 0.1) is 5.92 Å². The van der Waals surface area contributed by atoms with E-state index in [-0.39, 0.29) is 11.9 Å². The van der Waals surface area contributed by atoms with Gasteiger partial charge in [0.2, 0.25) is 0 Å². The molecule has 0 unspecified atom stereocenters. The first-order valence-corrected chi connectivity index (χ1v) is 8.31. The second kappa shape index (κ2) is 5.03. The molecule has 2 saturated carbocycles. The van der Waals surface area contributed by atoms with E-state index >= 15 is 0 Å². The average Bonchev–Trinajstić information content (AvgIpc) is 3.39. The molecule has 0 spiro atoms. The zero-order valence-corrected chi connectivity index (χ0v) is 13.5.